The summed E-state index contributed by atoms with van der Waals surface area (Å²) in [4.78, 5) is 16.8. The molecule has 3 rings (SSSR count). The fourth-order valence-corrected chi connectivity index (χ4v) is 4.65. The van der Waals surface area contributed by atoms with E-state index >= 15 is 0 Å². The van der Waals surface area contributed by atoms with Crippen LogP contribution < -0.4 is 5.32 Å². The van der Waals surface area contributed by atoms with E-state index in [1.165, 1.54) is 43.6 Å². The molecule has 0 fully saturated rings. The lowest BCUT2D eigenvalue weighted by molar-refractivity contribution is 0.102. The van der Waals surface area contributed by atoms with E-state index in [-0.39, 0.29) is 15.5 Å². The molecule has 1 N–H and O–H groups in total. The second-order valence-corrected chi connectivity index (χ2v) is 9.44. The Morgan fingerprint density at radius 2 is 1.92 bits per heavy atom. The molecular formula is C17H16ClN3O3S2. The zero-order valence-electron chi connectivity index (χ0n) is 14.3. The number of nitrogens with zero attached hydrogens (tertiary/aromatic N) is 2. The van der Waals surface area contributed by atoms with Crippen LogP contribution in [-0.2, 0) is 10.0 Å². The number of fused-ring (bicyclic) bond motifs is 1. The number of thiazole rings is 1. The van der Waals surface area contributed by atoms with Gasteiger partial charge in [-0.05, 0) is 42.8 Å². The maximum Gasteiger partial charge on any atom is 0.257 e. The number of carbonyl (C=O) groups excluding carboxylic acids is 1. The molecule has 6 nitrogen and oxygen atoms in total. The Kier molecular flexibility index (Phi) is 5.03. The summed E-state index contributed by atoms with van der Waals surface area (Å²) in [7, 11) is -0.945. The molecule has 9 heteroatoms. The molecule has 0 saturated heterocycles. The van der Waals surface area contributed by atoms with Crippen LogP contribution in [0, 0.1) is 6.92 Å². The normalized spacial score (nSPS) is 11.9. The fourth-order valence-electron chi connectivity index (χ4n) is 2.29. The van der Waals surface area contributed by atoms with E-state index in [0.717, 1.165) is 20.1 Å². The first-order valence-corrected chi connectivity index (χ1v) is 10.2. The summed E-state index contributed by atoms with van der Waals surface area (Å²) in [5, 5.41) is 3.22. The Hall–Kier alpha value is -2.00. The maximum atomic E-state index is 12.5. The minimum absolute atomic E-state index is 0.0608. The molecular weight excluding hydrogens is 394 g/mol. The van der Waals surface area contributed by atoms with Crippen LogP contribution in [0.2, 0.25) is 5.02 Å². The van der Waals surface area contributed by atoms with Gasteiger partial charge in [0.15, 0.2) is 5.13 Å². The van der Waals surface area contributed by atoms with Crippen molar-refractivity contribution >= 4 is 54.2 Å². The molecule has 0 aliphatic carbocycles. The molecule has 0 aliphatic heterocycles. The van der Waals surface area contributed by atoms with Gasteiger partial charge < -0.3 is 0 Å². The summed E-state index contributed by atoms with van der Waals surface area (Å²) < 4.78 is 26.7. The van der Waals surface area contributed by atoms with Gasteiger partial charge in [0.1, 0.15) is 4.90 Å². The molecule has 0 radical (unpaired) electrons. The van der Waals surface area contributed by atoms with Crippen LogP contribution in [0.25, 0.3) is 10.2 Å². The molecule has 136 valence electrons. The first kappa shape index (κ1) is 18.8. The maximum absolute atomic E-state index is 12.5. The van der Waals surface area contributed by atoms with Gasteiger partial charge in [0.25, 0.3) is 5.91 Å². The molecule has 3 aromatic rings. The van der Waals surface area contributed by atoms with Gasteiger partial charge in [0, 0.05) is 19.7 Å². The molecule has 0 spiro atoms. The molecule has 0 unspecified atom stereocenters. The standard InChI is InChI=1S/C17H16ClN3O3S2/c1-10-4-7-13-14(8-10)25-17(19-13)20-16(22)11-5-6-12(18)15(9-11)26(23,24)21(2)3/h4-9H,1-3H3,(H,19,20,22). The van der Waals surface area contributed by atoms with Gasteiger partial charge in [-0.3, -0.25) is 10.1 Å². The third-order valence-electron chi connectivity index (χ3n) is 3.72. The van der Waals surface area contributed by atoms with E-state index in [4.69, 9.17) is 11.6 Å². The van der Waals surface area contributed by atoms with Gasteiger partial charge >= 0.3 is 0 Å². The highest BCUT2D eigenvalue weighted by Crippen LogP contribution is 2.28. The van der Waals surface area contributed by atoms with Gasteiger partial charge in [-0.1, -0.05) is 29.0 Å². The number of carbonyl (C=O) groups is 1. The highest BCUT2D eigenvalue weighted by molar-refractivity contribution is 7.89. The summed E-state index contributed by atoms with van der Waals surface area (Å²) in [5.41, 5.74) is 2.09. The number of aryl methyl sites for hydroxylation is 1. The number of hydrogen-bond acceptors (Lipinski definition) is 5. The smallest absolute Gasteiger partial charge is 0.257 e. The summed E-state index contributed by atoms with van der Waals surface area (Å²) in [6, 6.07) is 9.97. The Balaban J connectivity index is 1.92. The predicted octanol–water partition coefficient (Wildman–Crippen LogP) is 3.76. The van der Waals surface area contributed by atoms with Crippen LogP contribution in [-0.4, -0.2) is 37.7 Å². The second kappa shape index (κ2) is 6.96. The van der Waals surface area contributed by atoms with Crippen molar-refractivity contribution in [1.82, 2.24) is 9.29 Å². The molecule has 0 bridgehead atoms. The van der Waals surface area contributed by atoms with Crippen molar-refractivity contribution < 1.29 is 13.2 Å². The Labute approximate surface area is 160 Å². The minimum atomic E-state index is -3.75. The van der Waals surface area contributed by atoms with Crippen molar-refractivity contribution in [1.29, 1.82) is 0 Å². The van der Waals surface area contributed by atoms with Crippen molar-refractivity contribution in [3.8, 4) is 0 Å². The van der Waals surface area contributed by atoms with E-state index in [9.17, 15) is 13.2 Å². The topological polar surface area (TPSA) is 79.4 Å². The van der Waals surface area contributed by atoms with Crippen molar-refractivity contribution in [2.45, 2.75) is 11.8 Å². The number of aromatic nitrogens is 1. The van der Waals surface area contributed by atoms with Crippen molar-refractivity contribution in [2.75, 3.05) is 19.4 Å². The van der Waals surface area contributed by atoms with Crippen molar-refractivity contribution in [2.24, 2.45) is 0 Å². The lowest BCUT2D eigenvalue weighted by atomic mass is 10.2. The second-order valence-electron chi connectivity index (χ2n) is 5.88. The lowest BCUT2D eigenvalue weighted by Gasteiger charge is -2.13. The van der Waals surface area contributed by atoms with Crippen LogP contribution in [0.3, 0.4) is 0 Å². The quantitative estimate of drug-likeness (QED) is 0.711. The third-order valence-corrected chi connectivity index (χ3v) is 6.95. The van der Waals surface area contributed by atoms with E-state index in [1.807, 2.05) is 25.1 Å². The van der Waals surface area contributed by atoms with Crippen LogP contribution in [0.15, 0.2) is 41.3 Å². The molecule has 0 saturated carbocycles. The SMILES string of the molecule is Cc1ccc2nc(NC(=O)c3ccc(Cl)c(S(=O)(=O)N(C)C)c3)sc2c1. The summed E-state index contributed by atoms with van der Waals surface area (Å²) in [5.74, 6) is -0.451. The molecule has 0 aliphatic rings. The Morgan fingerprint density at radius 3 is 2.62 bits per heavy atom. The Morgan fingerprint density at radius 1 is 1.19 bits per heavy atom. The van der Waals surface area contributed by atoms with Crippen molar-refractivity contribution in [3.05, 3.63) is 52.5 Å². The zero-order valence-corrected chi connectivity index (χ0v) is 16.7. The van der Waals surface area contributed by atoms with Gasteiger partial charge in [-0.2, -0.15) is 0 Å². The van der Waals surface area contributed by atoms with E-state index in [2.05, 4.69) is 10.3 Å². The van der Waals surface area contributed by atoms with Crippen LogP contribution in [0.5, 0.6) is 0 Å². The number of sulfonamides is 1. The van der Waals surface area contributed by atoms with Crippen LogP contribution >= 0.6 is 22.9 Å². The first-order valence-electron chi connectivity index (χ1n) is 7.59. The highest BCUT2D eigenvalue weighted by atomic mass is 35.5. The zero-order chi connectivity index (χ0) is 19.1. The average Bonchev–Trinajstić information content (AvgIpc) is 2.96. The molecule has 0 atom stereocenters. The third kappa shape index (κ3) is 3.59. The van der Waals surface area contributed by atoms with Gasteiger partial charge in [-0.15, -0.1) is 0 Å². The number of hydrogen-bond donors (Lipinski definition) is 1. The molecule has 2 aromatic carbocycles. The van der Waals surface area contributed by atoms with Gasteiger partial charge in [0.2, 0.25) is 10.0 Å². The first-order chi connectivity index (χ1) is 12.2. The van der Waals surface area contributed by atoms with E-state index < -0.39 is 15.9 Å². The van der Waals surface area contributed by atoms with Crippen LogP contribution in [0.1, 0.15) is 15.9 Å². The van der Waals surface area contributed by atoms with Crippen molar-refractivity contribution in [3.63, 3.8) is 0 Å². The largest absolute Gasteiger partial charge is 0.298 e. The Bertz CT molecular complexity index is 1110. The monoisotopic (exact) mass is 409 g/mol. The van der Waals surface area contributed by atoms with E-state index in [1.54, 1.807) is 0 Å². The number of amides is 1. The minimum Gasteiger partial charge on any atom is -0.298 e. The average molecular weight is 410 g/mol. The fraction of sp³-hybridized carbons (Fsp3) is 0.176. The molecule has 1 aromatic heterocycles. The number of anilines is 1. The number of benzene rings is 2. The molecule has 1 amide bonds. The van der Waals surface area contributed by atoms with Gasteiger partial charge in [-0.25, -0.2) is 17.7 Å². The number of halogens is 1. The number of nitrogens with one attached hydrogen (secondary N) is 1. The highest BCUT2D eigenvalue weighted by Gasteiger charge is 2.22. The lowest BCUT2D eigenvalue weighted by Crippen LogP contribution is -2.23. The summed E-state index contributed by atoms with van der Waals surface area (Å²) >= 11 is 7.37. The molecule has 26 heavy (non-hydrogen) atoms. The van der Waals surface area contributed by atoms with Crippen LogP contribution in [0.4, 0.5) is 5.13 Å². The van der Waals surface area contributed by atoms with Gasteiger partial charge in [0.05, 0.1) is 15.2 Å². The summed E-state index contributed by atoms with van der Waals surface area (Å²) in [6.45, 7) is 1.98. The summed E-state index contributed by atoms with van der Waals surface area (Å²) in [6.07, 6.45) is 0. The molecule has 1 heterocycles. The number of rotatable bonds is 4. The van der Waals surface area contributed by atoms with E-state index in [0.29, 0.717) is 5.13 Å². The predicted molar refractivity (Wildman–Crippen MR) is 105 cm³/mol.